The van der Waals surface area contributed by atoms with Gasteiger partial charge in [-0.05, 0) is 89.8 Å². The number of benzene rings is 10. The van der Waals surface area contributed by atoms with Crippen LogP contribution in [0.3, 0.4) is 0 Å². The number of hydrogen-bond donors (Lipinski definition) is 1. The third-order valence-electron chi connectivity index (χ3n) is 11.6. The lowest BCUT2D eigenvalue weighted by Crippen LogP contribution is -2.09. The second-order valence-corrected chi connectivity index (χ2v) is 14.9. The van der Waals surface area contributed by atoms with Crippen LogP contribution in [-0.2, 0) is 0 Å². The molecule has 0 unspecified atom stereocenters. The lowest BCUT2D eigenvalue weighted by atomic mass is 9.86. The number of rotatable bonds is 7. The highest BCUT2D eigenvalue weighted by Gasteiger charge is 2.20. The summed E-state index contributed by atoms with van der Waals surface area (Å²) >= 11 is 0. The van der Waals surface area contributed by atoms with Gasteiger partial charge in [0.2, 0.25) is 0 Å². The van der Waals surface area contributed by atoms with Crippen LogP contribution in [0.2, 0.25) is 0 Å². The predicted octanol–water partition coefficient (Wildman–Crippen LogP) is 15.3. The van der Waals surface area contributed by atoms with Gasteiger partial charge in [-0.25, -0.2) is 0 Å². The Morgan fingerprint density at radius 1 is 0.259 bits per heavy atom. The van der Waals surface area contributed by atoms with Crippen LogP contribution in [0, 0.1) is 0 Å². The second kappa shape index (κ2) is 14.1. The molecule has 0 fully saturated rings. The zero-order chi connectivity index (χ0) is 38.4. The van der Waals surface area contributed by atoms with Gasteiger partial charge >= 0.3 is 0 Å². The molecule has 0 aliphatic carbocycles. The number of aromatic nitrogens is 1. The number of nitrogens with zero attached hydrogens (tertiary/aromatic N) is 1. The minimum absolute atomic E-state index is 1.02. The maximum Gasteiger partial charge on any atom is 0.0794 e. The lowest BCUT2D eigenvalue weighted by molar-refractivity contribution is 1.06. The molecule has 0 atom stereocenters. The fraction of sp³-hybridized carbons (Fsp3) is 0. The Morgan fingerprint density at radius 3 is 1.19 bits per heavy atom. The Hall–Kier alpha value is -7.68. The zero-order valence-corrected chi connectivity index (χ0v) is 31.8. The molecule has 2 heteroatoms. The van der Waals surface area contributed by atoms with Crippen LogP contribution in [-0.4, -0.2) is 4.68 Å². The van der Waals surface area contributed by atoms with Gasteiger partial charge < -0.3 is 0 Å². The van der Waals surface area contributed by atoms with Crippen molar-refractivity contribution in [3.05, 3.63) is 224 Å². The van der Waals surface area contributed by atoms with Crippen LogP contribution in [0.15, 0.2) is 224 Å². The molecule has 10 aromatic carbocycles. The van der Waals surface area contributed by atoms with Gasteiger partial charge in [0, 0.05) is 16.3 Å². The minimum atomic E-state index is 1.02. The first-order valence-corrected chi connectivity index (χ1v) is 19.9. The molecular weight excluding hydrogens is 701 g/mol. The van der Waals surface area contributed by atoms with Crippen LogP contribution >= 0.6 is 0 Å². The molecule has 1 heterocycles. The standard InChI is InChI=1S/C56H38N2/c1-4-16-40(17-5-1)45-36-37-51-46-22-14-15-27-52(46)58(56(51)55(45)42-20-8-3-9-21-42)57-44-34-32-39(33-35-44)38-28-30-43(31-29-38)54-49-25-12-10-23-47(49)53(41-18-6-2-7-19-41)48-24-11-13-26-50(48)54/h1-37,57H. The molecule has 0 aliphatic heterocycles. The average molecular weight is 739 g/mol. The van der Waals surface area contributed by atoms with E-state index in [1.54, 1.807) is 0 Å². The van der Waals surface area contributed by atoms with Crippen LogP contribution < -0.4 is 5.43 Å². The molecule has 0 amide bonds. The monoisotopic (exact) mass is 738 g/mol. The SMILES string of the molecule is c1ccc(-c2ccc3c4ccccc4n(Nc4ccc(-c5ccc(-c6c7ccccc7c(-c7ccccc7)c7ccccc67)cc5)cc4)c3c2-c2ccccc2)cc1. The van der Waals surface area contributed by atoms with Crippen molar-refractivity contribution in [3.63, 3.8) is 0 Å². The highest BCUT2D eigenvalue weighted by atomic mass is 15.4. The normalized spacial score (nSPS) is 11.4. The number of hydrogen-bond acceptors (Lipinski definition) is 1. The fourth-order valence-corrected chi connectivity index (χ4v) is 8.98. The summed E-state index contributed by atoms with van der Waals surface area (Å²) in [5.41, 5.74) is 19.3. The molecule has 2 nitrogen and oxygen atoms in total. The molecule has 11 rings (SSSR count). The summed E-state index contributed by atoms with van der Waals surface area (Å²) < 4.78 is 2.28. The van der Waals surface area contributed by atoms with Crippen molar-refractivity contribution in [1.29, 1.82) is 0 Å². The Labute approximate surface area is 337 Å². The van der Waals surface area contributed by atoms with Gasteiger partial charge in [-0.2, -0.15) is 0 Å². The molecule has 0 saturated heterocycles. The summed E-state index contributed by atoms with van der Waals surface area (Å²) in [6.45, 7) is 0. The van der Waals surface area contributed by atoms with E-state index in [0.29, 0.717) is 0 Å². The summed E-state index contributed by atoms with van der Waals surface area (Å²) in [5, 5.41) is 7.50. The van der Waals surface area contributed by atoms with Crippen molar-refractivity contribution in [2.45, 2.75) is 0 Å². The van der Waals surface area contributed by atoms with E-state index in [0.717, 1.165) is 16.7 Å². The van der Waals surface area contributed by atoms with E-state index in [1.807, 2.05) is 0 Å². The summed E-state index contributed by atoms with van der Waals surface area (Å²) in [6.07, 6.45) is 0. The average Bonchev–Trinajstić information content (AvgIpc) is 3.62. The molecular formula is C56H38N2. The van der Waals surface area contributed by atoms with Crippen LogP contribution in [0.1, 0.15) is 0 Å². The number of nitrogens with one attached hydrogen (secondary N) is 1. The molecule has 0 aliphatic rings. The first-order chi connectivity index (χ1) is 28.8. The Bertz CT molecular complexity index is 3200. The number of fused-ring (bicyclic) bond motifs is 5. The van der Waals surface area contributed by atoms with Crippen molar-refractivity contribution in [1.82, 2.24) is 4.68 Å². The molecule has 58 heavy (non-hydrogen) atoms. The zero-order valence-electron chi connectivity index (χ0n) is 31.8. The fourth-order valence-electron chi connectivity index (χ4n) is 8.98. The van der Waals surface area contributed by atoms with Crippen molar-refractivity contribution in [2.75, 3.05) is 5.43 Å². The maximum atomic E-state index is 3.84. The summed E-state index contributed by atoms with van der Waals surface area (Å²) in [6, 6.07) is 81.1. The minimum Gasteiger partial charge on any atom is -0.294 e. The quantitative estimate of drug-likeness (QED) is 0.161. The largest absolute Gasteiger partial charge is 0.294 e. The van der Waals surface area contributed by atoms with Crippen LogP contribution in [0.4, 0.5) is 5.69 Å². The van der Waals surface area contributed by atoms with E-state index in [9.17, 15) is 0 Å². The van der Waals surface area contributed by atoms with E-state index < -0.39 is 0 Å². The number of para-hydroxylation sites is 1. The van der Waals surface area contributed by atoms with Gasteiger partial charge in [0.05, 0.1) is 16.7 Å². The molecule has 1 aromatic heterocycles. The van der Waals surface area contributed by atoms with Gasteiger partial charge in [-0.15, -0.1) is 0 Å². The Morgan fingerprint density at radius 2 is 0.655 bits per heavy atom. The molecule has 0 spiro atoms. The summed E-state index contributed by atoms with van der Waals surface area (Å²) in [7, 11) is 0. The summed E-state index contributed by atoms with van der Waals surface area (Å²) in [4.78, 5) is 0. The second-order valence-electron chi connectivity index (χ2n) is 14.9. The smallest absolute Gasteiger partial charge is 0.0794 e. The van der Waals surface area contributed by atoms with Gasteiger partial charge in [0.15, 0.2) is 0 Å². The topological polar surface area (TPSA) is 17.0 Å². The van der Waals surface area contributed by atoms with E-state index in [1.165, 1.54) is 88.0 Å². The molecule has 0 saturated carbocycles. The van der Waals surface area contributed by atoms with Crippen molar-refractivity contribution >= 4 is 49.0 Å². The number of anilines is 1. The van der Waals surface area contributed by atoms with E-state index in [2.05, 4.69) is 235 Å². The third kappa shape index (κ3) is 5.66. The summed E-state index contributed by atoms with van der Waals surface area (Å²) in [5.74, 6) is 0. The van der Waals surface area contributed by atoms with Crippen LogP contribution in [0.25, 0.3) is 99.0 Å². The van der Waals surface area contributed by atoms with Crippen molar-refractivity contribution in [3.8, 4) is 55.6 Å². The first kappa shape index (κ1) is 33.6. The first-order valence-electron chi connectivity index (χ1n) is 19.9. The van der Waals surface area contributed by atoms with Gasteiger partial charge in [0.25, 0.3) is 0 Å². The third-order valence-corrected chi connectivity index (χ3v) is 11.6. The van der Waals surface area contributed by atoms with Gasteiger partial charge in [-0.3, -0.25) is 10.1 Å². The predicted molar refractivity (Wildman–Crippen MR) is 247 cm³/mol. The van der Waals surface area contributed by atoms with Crippen LogP contribution in [0.5, 0.6) is 0 Å². The molecule has 0 radical (unpaired) electrons. The van der Waals surface area contributed by atoms with E-state index >= 15 is 0 Å². The van der Waals surface area contributed by atoms with E-state index in [4.69, 9.17) is 0 Å². The van der Waals surface area contributed by atoms with Crippen molar-refractivity contribution < 1.29 is 0 Å². The highest BCUT2D eigenvalue weighted by molar-refractivity contribution is 6.21. The van der Waals surface area contributed by atoms with E-state index in [-0.39, 0.29) is 0 Å². The molecule has 0 bridgehead atoms. The molecule has 1 N–H and O–H groups in total. The Balaban J connectivity index is 0.981. The highest BCUT2D eigenvalue weighted by Crippen LogP contribution is 2.45. The molecule has 11 aromatic rings. The van der Waals surface area contributed by atoms with Crippen molar-refractivity contribution in [2.24, 2.45) is 0 Å². The molecule has 272 valence electrons. The lowest BCUT2D eigenvalue weighted by Gasteiger charge is -2.18. The maximum absolute atomic E-state index is 3.84. The van der Waals surface area contributed by atoms with Gasteiger partial charge in [0.1, 0.15) is 0 Å². The van der Waals surface area contributed by atoms with Gasteiger partial charge in [-0.1, -0.05) is 206 Å². The Kier molecular flexibility index (Phi) is 8.19.